The average Bonchev–Trinajstić information content (AvgIpc) is 3.46. The Morgan fingerprint density at radius 2 is 1.50 bits per heavy atom. The molecule has 1 unspecified atom stereocenters. The number of ether oxygens (including phenoxy) is 2. The number of hydrogen-bond donors (Lipinski definition) is 3. The van der Waals surface area contributed by atoms with Crippen molar-refractivity contribution in [3.05, 3.63) is 55.7 Å². The number of aryl methyl sites for hydroxylation is 1. The number of guanidine groups is 1. The lowest BCUT2D eigenvalue weighted by molar-refractivity contribution is -0.432. The summed E-state index contributed by atoms with van der Waals surface area (Å²) in [5, 5.41) is 34.1. The Morgan fingerprint density at radius 1 is 0.929 bits per heavy atom. The lowest BCUT2D eigenvalue weighted by atomic mass is 9.98. The number of nitrogens with zero attached hydrogens (tertiary/aromatic N) is 4. The van der Waals surface area contributed by atoms with Crippen molar-refractivity contribution in [2.75, 3.05) is 13.2 Å². The van der Waals surface area contributed by atoms with Gasteiger partial charge in [-0.2, -0.15) is 0 Å². The molecule has 17 heteroatoms. The summed E-state index contributed by atoms with van der Waals surface area (Å²) in [5.74, 6) is -3.15. The van der Waals surface area contributed by atoms with Gasteiger partial charge in [0, 0.05) is 38.7 Å². The highest BCUT2D eigenvalue weighted by Crippen LogP contribution is 2.29. The molecule has 228 valence electrons. The highest BCUT2D eigenvalue weighted by Gasteiger charge is 2.29. The van der Waals surface area contributed by atoms with Crippen LogP contribution in [0.4, 0.5) is 5.82 Å². The molecular weight excluding hydrogens is 558 g/mol. The van der Waals surface area contributed by atoms with Crippen molar-refractivity contribution in [3.63, 3.8) is 0 Å². The molecule has 0 bridgehead atoms. The van der Waals surface area contributed by atoms with Crippen molar-refractivity contribution >= 4 is 35.5 Å². The predicted molar refractivity (Wildman–Crippen MR) is 144 cm³/mol. The monoisotopic (exact) mass is 591 g/mol. The molecule has 1 heterocycles. The largest absolute Gasteiger partial charge is 0.466 e. The Morgan fingerprint density at radius 3 is 2.05 bits per heavy atom. The average molecular weight is 592 g/mol. The van der Waals surface area contributed by atoms with Gasteiger partial charge in [-0.25, -0.2) is 9.55 Å². The van der Waals surface area contributed by atoms with Gasteiger partial charge < -0.3 is 19.6 Å². The summed E-state index contributed by atoms with van der Waals surface area (Å²) in [6.45, 7) is 3.28. The van der Waals surface area contributed by atoms with Crippen LogP contribution in [0.5, 0.6) is 0 Å². The highest BCUT2D eigenvalue weighted by molar-refractivity contribution is 6.03. The molecule has 1 aliphatic rings. The number of rotatable bonds is 16. The van der Waals surface area contributed by atoms with Gasteiger partial charge in [-0.15, -0.1) is 0 Å². The molecular formula is C25H33N7O10. The molecule has 0 saturated heterocycles. The van der Waals surface area contributed by atoms with Gasteiger partial charge in [0.2, 0.25) is 17.8 Å². The molecule has 0 spiro atoms. The zero-order valence-electron chi connectivity index (χ0n) is 23.3. The van der Waals surface area contributed by atoms with Crippen LogP contribution in [0.3, 0.4) is 0 Å². The standard InChI is InChI=1S/C25H33N7O10/c1-16-9-10-19(31(37)38)18(16)11-13-41-23(35)7-3-5-20(33)28-25(26)29-21(34)6-4-8-24(36)42-14-12-30-17(2)27-15-22(30)32(39)40/h9-10,15,18H,3-8,11-14H2,1-2H3,(H3,26,28,29,33,34). The molecule has 2 amide bonds. The second kappa shape index (κ2) is 16.3. The first-order valence-corrected chi connectivity index (χ1v) is 13.1. The molecule has 0 saturated carbocycles. The van der Waals surface area contributed by atoms with Crippen molar-refractivity contribution in [2.24, 2.45) is 5.92 Å². The Kier molecular flexibility index (Phi) is 12.9. The van der Waals surface area contributed by atoms with Crippen LogP contribution in [0, 0.1) is 38.5 Å². The first-order valence-electron chi connectivity index (χ1n) is 13.1. The number of amides is 2. The topological polar surface area (TPSA) is 239 Å². The maximum absolute atomic E-state index is 12.0. The normalized spacial score (nSPS) is 13.9. The van der Waals surface area contributed by atoms with Gasteiger partial charge in [0.1, 0.15) is 19.3 Å². The van der Waals surface area contributed by atoms with Gasteiger partial charge in [-0.3, -0.25) is 45.3 Å². The maximum atomic E-state index is 12.0. The van der Waals surface area contributed by atoms with Gasteiger partial charge in [0.15, 0.2) is 5.82 Å². The molecule has 17 nitrogen and oxygen atoms in total. The van der Waals surface area contributed by atoms with Gasteiger partial charge >= 0.3 is 17.8 Å². The Labute approximate surface area is 240 Å². The van der Waals surface area contributed by atoms with Crippen LogP contribution < -0.4 is 10.6 Å². The summed E-state index contributed by atoms with van der Waals surface area (Å²) in [5.41, 5.74) is 0.872. The first-order chi connectivity index (χ1) is 19.9. The van der Waals surface area contributed by atoms with E-state index in [0.29, 0.717) is 5.82 Å². The van der Waals surface area contributed by atoms with Gasteiger partial charge in [-0.05, 0) is 31.1 Å². The summed E-state index contributed by atoms with van der Waals surface area (Å²) in [6.07, 6.45) is 4.32. The second-order valence-electron chi connectivity index (χ2n) is 9.29. The minimum Gasteiger partial charge on any atom is -0.466 e. The summed E-state index contributed by atoms with van der Waals surface area (Å²) in [6, 6.07) is 0. The van der Waals surface area contributed by atoms with Crippen molar-refractivity contribution in [2.45, 2.75) is 65.3 Å². The van der Waals surface area contributed by atoms with Crippen molar-refractivity contribution < 1.29 is 38.5 Å². The molecule has 1 atom stereocenters. The molecule has 3 N–H and O–H groups in total. The number of hydrogen-bond acceptors (Lipinski definition) is 12. The van der Waals surface area contributed by atoms with Gasteiger partial charge in [0.05, 0.1) is 17.4 Å². The van der Waals surface area contributed by atoms with Crippen LogP contribution >= 0.6 is 0 Å². The quantitative estimate of drug-likeness (QED) is 0.0823. The molecule has 0 aliphatic heterocycles. The van der Waals surface area contributed by atoms with E-state index in [2.05, 4.69) is 15.6 Å². The molecule has 2 rings (SSSR count). The predicted octanol–water partition coefficient (Wildman–Crippen LogP) is 1.82. The summed E-state index contributed by atoms with van der Waals surface area (Å²) in [7, 11) is 0. The van der Waals surface area contributed by atoms with Crippen molar-refractivity contribution in [3.8, 4) is 0 Å². The Balaban J connectivity index is 1.53. The fourth-order valence-corrected chi connectivity index (χ4v) is 4.03. The van der Waals surface area contributed by atoms with E-state index in [9.17, 15) is 39.4 Å². The van der Waals surface area contributed by atoms with Crippen LogP contribution in [0.2, 0.25) is 0 Å². The molecule has 1 aliphatic carbocycles. The number of imidazole rings is 1. The van der Waals surface area contributed by atoms with Gasteiger partial charge in [-0.1, -0.05) is 11.6 Å². The molecule has 1 aromatic heterocycles. The van der Waals surface area contributed by atoms with Crippen LogP contribution in [0.1, 0.15) is 57.7 Å². The minimum atomic E-state index is -0.608. The van der Waals surface area contributed by atoms with Crippen LogP contribution in [0.15, 0.2) is 29.6 Å². The van der Waals surface area contributed by atoms with E-state index < -0.39 is 45.5 Å². The number of aromatic nitrogens is 2. The zero-order valence-corrected chi connectivity index (χ0v) is 23.3. The molecule has 0 radical (unpaired) electrons. The lowest BCUT2D eigenvalue weighted by Crippen LogP contribution is -2.43. The smallest absolute Gasteiger partial charge is 0.342 e. The van der Waals surface area contributed by atoms with Crippen molar-refractivity contribution in [1.82, 2.24) is 20.2 Å². The Bertz CT molecular complexity index is 1280. The first kappa shape index (κ1) is 33.2. The fourth-order valence-electron chi connectivity index (χ4n) is 4.03. The van der Waals surface area contributed by atoms with Gasteiger partial charge in [0.25, 0.3) is 5.70 Å². The van der Waals surface area contributed by atoms with E-state index in [-0.39, 0.29) is 76.2 Å². The minimum absolute atomic E-state index is 0.00352. The van der Waals surface area contributed by atoms with E-state index in [1.807, 2.05) is 0 Å². The maximum Gasteiger partial charge on any atom is 0.342 e. The van der Waals surface area contributed by atoms with E-state index in [1.165, 1.54) is 10.6 Å². The molecule has 0 fully saturated rings. The third-order valence-corrected chi connectivity index (χ3v) is 6.20. The number of carbonyl (C=O) groups is 4. The Hall–Kier alpha value is -4.96. The van der Waals surface area contributed by atoms with E-state index in [4.69, 9.17) is 14.9 Å². The highest BCUT2D eigenvalue weighted by atomic mass is 16.6. The zero-order chi connectivity index (χ0) is 31.2. The fraction of sp³-hybridized carbons (Fsp3) is 0.520. The number of carbonyl (C=O) groups excluding carboxylic acids is 4. The molecule has 42 heavy (non-hydrogen) atoms. The van der Waals surface area contributed by atoms with Crippen LogP contribution in [-0.4, -0.2) is 62.3 Å². The summed E-state index contributed by atoms with van der Waals surface area (Å²) < 4.78 is 11.4. The summed E-state index contributed by atoms with van der Waals surface area (Å²) >= 11 is 0. The van der Waals surface area contributed by atoms with E-state index >= 15 is 0 Å². The third-order valence-electron chi connectivity index (χ3n) is 6.20. The van der Waals surface area contributed by atoms with Crippen LogP contribution in [-0.2, 0) is 35.2 Å². The number of nitro groups is 2. The SMILES string of the molecule is CC1=CC=C([N+](=O)[O-])C1CCOC(=O)CCCC(=O)NC(=N)NC(=O)CCCC(=O)OCCn1c([N+](=O)[O-])cnc1C. The number of nitrogens with one attached hydrogen (secondary N) is 3. The van der Waals surface area contributed by atoms with E-state index in [0.717, 1.165) is 11.8 Å². The van der Waals surface area contributed by atoms with E-state index in [1.54, 1.807) is 19.9 Å². The molecule has 1 aromatic rings. The van der Waals surface area contributed by atoms with Crippen molar-refractivity contribution in [1.29, 1.82) is 5.41 Å². The second-order valence-corrected chi connectivity index (χ2v) is 9.29. The van der Waals surface area contributed by atoms with Crippen LogP contribution in [0.25, 0.3) is 0 Å². The third kappa shape index (κ3) is 10.9. The molecule has 0 aromatic carbocycles. The lowest BCUT2D eigenvalue weighted by Gasteiger charge is -2.12. The number of esters is 2. The summed E-state index contributed by atoms with van der Waals surface area (Å²) in [4.78, 5) is 72.5. The number of allylic oxidation sites excluding steroid dienone is 3.